The first kappa shape index (κ1) is 12.1. The lowest BCUT2D eigenvalue weighted by Crippen LogP contribution is -2.32. The van der Waals surface area contributed by atoms with E-state index in [1.54, 1.807) is 6.92 Å². The summed E-state index contributed by atoms with van der Waals surface area (Å²) in [5.74, 6) is -0.714. The molecule has 0 fully saturated rings. The van der Waals surface area contributed by atoms with E-state index in [1.807, 2.05) is 0 Å². The molecule has 0 aliphatic carbocycles. The molecular formula is C7H13NO4S. The number of carbonyl (C=O) groups excluding carboxylic acids is 1. The van der Waals surface area contributed by atoms with Gasteiger partial charge in [0, 0.05) is 6.04 Å². The fraction of sp³-hybridized carbons (Fsp3) is 0.571. The molecule has 0 bridgehead atoms. The average molecular weight is 207 g/mol. The lowest BCUT2D eigenvalue weighted by molar-refractivity contribution is -0.117. The van der Waals surface area contributed by atoms with Gasteiger partial charge in [0.1, 0.15) is 0 Å². The smallest absolute Gasteiger partial charge is 0.264 e. The molecule has 1 unspecified atom stereocenters. The maximum Gasteiger partial charge on any atom is 0.264 e. The maximum atomic E-state index is 10.7. The zero-order chi connectivity index (χ0) is 10.5. The Kier molecular flexibility index (Phi) is 4.64. The third-order valence-corrected chi connectivity index (χ3v) is 2.13. The monoisotopic (exact) mass is 207 g/mol. The zero-order valence-corrected chi connectivity index (χ0v) is 8.17. The lowest BCUT2D eigenvalue weighted by Gasteiger charge is -2.10. The highest BCUT2D eigenvalue weighted by Gasteiger charge is 2.09. The molecule has 0 aromatic heterocycles. The minimum Gasteiger partial charge on any atom is -0.350 e. The highest BCUT2D eigenvalue weighted by atomic mass is 32.2. The second-order valence-corrected chi connectivity index (χ2v) is 4.26. The Balaban J connectivity index is 3.82. The average Bonchev–Trinajstić information content (AvgIpc) is 1.99. The first-order valence-corrected chi connectivity index (χ1v) is 5.34. The minimum atomic E-state index is -3.94. The van der Waals surface area contributed by atoms with Crippen molar-refractivity contribution in [3.8, 4) is 0 Å². The summed E-state index contributed by atoms with van der Waals surface area (Å²) in [4.78, 5) is 10.7. The molecule has 0 spiro atoms. The summed E-state index contributed by atoms with van der Waals surface area (Å²) >= 11 is 0. The van der Waals surface area contributed by atoms with Crippen LogP contribution in [0.1, 0.15) is 13.3 Å². The van der Waals surface area contributed by atoms with Gasteiger partial charge in [-0.15, -0.1) is 0 Å². The van der Waals surface area contributed by atoms with Gasteiger partial charge in [0.25, 0.3) is 10.1 Å². The molecule has 0 aromatic carbocycles. The second kappa shape index (κ2) is 4.98. The van der Waals surface area contributed by atoms with Crippen LogP contribution in [0, 0.1) is 0 Å². The molecule has 0 radical (unpaired) electrons. The van der Waals surface area contributed by atoms with Gasteiger partial charge in [0.15, 0.2) is 0 Å². The molecule has 0 saturated carbocycles. The van der Waals surface area contributed by atoms with Crippen LogP contribution in [-0.4, -0.2) is 30.7 Å². The summed E-state index contributed by atoms with van der Waals surface area (Å²) in [5.41, 5.74) is 0. The van der Waals surface area contributed by atoms with Crippen LogP contribution in [0.3, 0.4) is 0 Å². The van der Waals surface area contributed by atoms with Gasteiger partial charge in [0.2, 0.25) is 5.91 Å². The third kappa shape index (κ3) is 7.48. The summed E-state index contributed by atoms with van der Waals surface area (Å²) in [7, 11) is -3.94. The van der Waals surface area contributed by atoms with Crippen molar-refractivity contribution in [2.24, 2.45) is 0 Å². The van der Waals surface area contributed by atoms with Crippen LogP contribution >= 0.6 is 0 Å². The molecule has 5 nitrogen and oxygen atoms in total. The van der Waals surface area contributed by atoms with E-state index in [-0.39, 0.29) is 24.1 Å². The maximum absolute atomic E-state index is 10.7. The number of amides is 1. The van der Waals surface area contributed by atoms with Crippen molar-refractivity contribution in [1.29, 1.82) is 0 Å². The lowest BCUT2D eigenvalue weighted by atomic mass is 10.2. The predicted molar refractivity (Wildman–Crippen MR) is 48.8 cm³/mol. The van der Waals surface area contributed by atoms with E-state index < -0.39 is 10.1 Å². The van der Waals surface area contributed by atoms with Crippen molar-refractivity contribution in [2.75, 3.05) is 5.75 Å². The van der Waals surface area contributed by atoms with Gasteiger partial charge >= 0.3 is 0 Å². The molecule has 0 aliphatic heterocycles. The molecular weight excluding hydrogens is 194 g/mol. The van der Waals surface area contributed by atoms with Crippen molar-refractivity contribution in [2.45, 2.75) is 19.4 Å². The molecule has 0 rings (SSSR count). The largest absolute Gasteiger partial charge is 0.350 e. The Morgan fingerprint density at radius 2 is 2.23 bits per heavy atom. The Morgan fingerprint density at radius 1 is 1.69 bits per heavy atom. The summed E-state index contributed by atoms with van der Waals surface area (Å²) in [5, 5.41) is 2.47. The van der Waals surface area contributed by atoms with Gasteiger partial charge in [-0.3, -0.25) is 9.35 Å². The quantitative estimate of drug-likeness (QED) is 0.489. The fourth-order valence-corrected chi connectivity index (χ4v) is 1.35. The Hall–Kier alpha value is -0.880. The predicted octanol–water partition coefficient (Wildman–Crippen LogP) is -0.0450. The number of nitrogens with one attached hydrogen (secondary N) is 1. The molecule has 1 amide bonds. The van der Waals surface area contributed by atoms with E-state index in [0.717, 1.165) is 6.08 Å². The van der Waals surface area contributed by atoms with Crippen molar-refractivity contribution in [1.82, 2.24) is 5.32 Å². The van der Waals surface area contributed by atoms with Gasteiger partial charge < -0.3 is 5.32 Å². The van der Waals surface area contributed by atoms with Crippen LogP contribution in [0.5, 0.6) is 0 Å². The Morgan fingerprint density at radius 3 is 2.62 bits per heavy atom. The van der Waals surface area contributed by atoms with Crippen molar-refractivity contribution in [3.63, 3.8) is 0 Å². The van der Waals surface area contributed by atoms with Gasteiger partial charge in [-0.2, -0.15) is 8.42 Å². The molecule has 2 N–H and O–H groups in total. The minimum absolute atomic E-state index is 0.179. The SMILES string of the molecule is C=CC(=O)NC(C)CCS(=O)(=O)O. The summed E-state index contributed by atoms with van der Waals surface area (Å²) in [6, 6.07) is -0.299. The van der Waals surface area contributed by atoms with E-state index in [0.29, 0.717) is 0 Å². The number of rotatable bonds is 5. The Bertz CT molecular complexity index is 283. The number of hydrogen-bond acceptors (Lipinski definition) is 3. The van der Waals surface area contributed by atoms with Gasteiger partial charge in [0.05, 0.1) is 5.75 Å². The number of carbonyl (C=O) groups is 1. The highest BCUT2D eigenvalue weighted by molar-refractivity contribution is 7.85. The third-order valence-electron chi connectivity index (χ3n) is 1.38. The summed E-state index contributed by atoms with van der Waals surface area (Å²) < 4.78 is 29.0. The van der Waals surface area contributed by atoms with E-state index in [9.17, 15) is 13.2 Å². The standard InChI is InChI=1S/C7H13NO4S/c1-3-7(9)8-6(2)4-5-13(10,11)12/h3,6H,1,4-5H2,2H3,(H,8,9)(H,10,11,12). The summed E-state index contributed by atoms with van der Waals surface area (Å²) in [6.45, 7) is 4.89. The molecule has 0 aliphatic rings. The molecule has 6 heteroatoms. The van der Waals surface area contributed by atoms with Gasteiger partial charge in [-0.05, 0) is 19.4 Å². The van der Waals surface area contributed by atoms with Crippen molar-refractivity contribution in [3.05, 3.63) is 12.7 Å². The van der Waals surface area contributed by atoms with Crippen LogP contribution in [0.15, 0.2) is 12.7 Å². The van der Waals surface area contributed by atoms with Crippen molar-refractivity contribution < 1.29 is 17.8 Å². The van der Waals surface area contributed by atoms with E-state index in [2.05, 4.69) is 11.9 Å². The van der Waals surface area contributed by atoms with Gasteiger partial charge in [-0.25, -0.2) is 0 Å². The van der Waals surface area contributed by atoms with E-state index >= 15 is 0 Å². The van der Waals surface area contributed by atoms with E-state index in [4.69, 9.17) is 4.55 Å². The molecule has 0 heterocycles. The van der Waals surface area contributed by atoms with Crippen LogP contribution in [0.2, 0.25) is 0 Å². The fourth-order valence-electron chi connectivity index (χ4n) is 0.700. The van der Waals surface area contributed by atoms with Crippen LogP contribution in [-0.2, 0) is 14.9 Å². The molecule has 1 atom stereocenters. The number of hydrogen-bond donors (Lipinski definition) is 2. The molecule has 0 saturated heterocycles. The summed E-state index contributed by atoms with van der Waals surface area (Å²) in [6.07, 6.45) is 1.28. The van der Waals surface area contributed by atoms with Crippen molar-refractivity contribution >= 4 is 16.0 Å². The normalized spacial score (nSPS) is 13.4. The molecule has 76 valence electrons. The topological polar surface area (TPSA) is 83.5 Å². The first-order valence-electron chi connectivity index (χ1n) is 3.73. The molecule has 0 aromatic rings. The van der Waals surface area contributed by atoms with Crippen LogP contribution < -0.4 is 5.32 Å². The van der Waals surface area contributed by atoms with Crippen LogP contribution in [0.4, 0.5) is 0 Å². The van der Waals surface area contributed by atoms with E-state index in [1.165, 1.54) is 0 Å². The zero-order valence-electron chi connectivity index (χ0n) is 7.36. The second-order valence-electron chi connectivity index (χ2n) is 2.69. The Labute approximate surface area is 77.6 Å². The molecule has 13 heavy (non-hydrogen) atoms. The van der Waals surface area contributed by atoms with Gasteiger partial charge in [-0.1, -0.05) is 6.58 Å². The first-order chi connectivity index (χ1) is 5.85. The highest BCUT2D eigenvalue weighted by Crippen LogP contribution is 1.94. The van der Waals surface area contributed by atoms with Crippen LogP contribution in [0.25, 0.3) is 0 Å².